The number of hydrogen-bond acceptors (Lipinski definition) is 6. The lowest BCUT2D eigenvalue weighted by Gasteiger charge is -2.22. The number of amides is 3. The van der Waals surface area contributed by atoms with Crippen molar-refractivity contribution in [1.82, 2.24) is 16.0 Å². The van der Waals surface area contributed by atoms with E-state index in [-0.39, 0.29) is 18.1 Å². The van der Waals surface area contributed by atoms with Crippen molar-refractivity contribution >= 4 is 36.3 Å². The quantitative estimate of drug-likeness (QED) is 0.247. The number of nitrogens with two attached hydrogens (primary N) is 1. The van der Waals surface area contributed by atoms with Crippen LogP contribution in [0.1, 0.15) is 25.8 Å². The summed E-state index contributed by atoms with van der Waals surface area (Å²) in [5.41, 5.74) is 6.48. The summed E-state index contributed by atoms with van der Waals surface area (Å²) in [5, 5.41) is 16.7. The molecule has 0 heterocycles. The lowest BCUT2D eigenvalue weighted by atomic mass is 9.99. The Hall–Kier alpha value is -2.59. The Labute approximate surface area is 181 Å². The van der Waals surface area contributed by atoms with Crippen molar-refractivity contribution in [2.24, 2.45) is 11.7 Å². The second kappa shape index (κ2) is 12.9. The lowest BCUT2D eigenvalue weighted by Crippen LogP contribution is -2.55. The normalized spacial score (nSPS) is 14.7. The molecule has 0 aliphatic rings. The Morgan fingerprint density at radius 2 is 1.73 bits per heavy atom. The fraction of sp³-hybridized carbons (Fsp3) is 0.500. The average Bonchev–Trinajstić information content (AvgIpc) is 2.74. The minimum absolute atomic E-state index is 0.111. The van der Waals surface area contributed by atoms with E-state index in [0.717, 1.165) is 5.56 Å². The van der Waals surface area contributed by atoms with Crippen LogP contribution in [0.5, 0.6) is 0 Å². The summed E-state index contributed by atoms with van der Waals surface area (Å²) in [6.07, 6.45) is 0.768. The Morgan fingerprint density at radius 1 is 1.10 bits per heavy atom. The first kappa shape index (κ1) is 25.4. The second-order valence-corrected chi connectivity index (χ2v) is 7.39. The molecule has 0 fully saturated rings. The van der Waals surface area contributed by atoms with Crippen LogP contribution in [0.15, 0.2) is 30.3 Å². The predicted molar refractivity (Wildman–Crippen MR) is 116 cm³/mol. The standard InChI is InChI=1S/C20H30N4O5S/c1-3-12(2)17(20(28)29)24-16(25)10-22-19(27)15(23-18(26)14(21)11-30)9-13-7-5-4-6-8-13/h4-8,12,14-15,17,30H,3,9-11,21H2,1-2H3,(H,22,27)(H,23,26)(H,24,25)(H,28,29). The monoisotopic (exact) mass is 438 g/mol. The maximum atomic E-state index is 12.6. The number of thiol groups is 1. The van der Waals surface area contributed by atoms with Crippen LogP contribution in [0.25, 0.3) is 0 Å². The molecule has 0 aliphatic heterocycles. The van der Waals surface area contributed by atoms with Crippen LogP contribution in [0.2, 0.25) is 0 Å². The van der Waals surface area contributed by atoms with E-state index >= 15 is 0 Å². The van der Waals surface area contributed by atoms with Gasteiger partial charge in [-0.25, -0.2) is 4.79 Å². The van der Waals surface area contributed by atoms with E-state index in [9.17, 15) is 24.3 Å². The van der Waals surface area contributed by atoms with Gasteiger partial charge in [0.1, 0.15) is 12.1 Å². The predicted octanol–water partition coefficient (Wildman–Crippen LogP) is -0.297. The van der Waals surface area contributed by atoms with Crippen molar-refractivity contribution in [3.63, 3.8) is 0 Å². The van der Waals surface area contributed by atoms with E-state index in [1.54, 1.807) is 31.2 Å². The number of carbonyl (C=O) groups excluding carboxylic acids is 3. The topological polar surface area (TPSA) is 151 Å². The first-order chi connectivity index (χ1) is 14.2. The number of benzene rings is 1. The Balaban J connectivity index is 2.77. The zero-order valence-corrected chi connectivity index (χ0v) is 18.0. The molecule has 30 heavy (non-hydrogen) atoms. The van der Waals surface area contributed by atoms with Crippen LogP contribution >= 0.6 is 12.6 Å². The highest BCUT2D eigenvalue weighted by molar-refractivity contribution is 7.80. The highest BCUT2D eigenvalue weighted by atomic mass is 32.1. The van der Waals surface area contributed by atoms with Crippen LogP contribution in [0.4, 0.5) is 0 Å². The molecule has 0 saturated heterocycles. The Kier molecular flexibility index (Phi) is 10.9. The average molecular weight is 439 g/mol. The Bertz CT molecular complexity index is 731. The van der Waals surface area contributed by atoms with Crippen LogP contribution in [-0.2, 0) is 25.6 Å². The van der Waals surface area contributed by atoms with E-state index in [1.807, 2.05) is 13.0 Å². The van der Waals surface area contributed by atoms with Crippen molar-refractivity contribution in [2.75, 3.05) is 12.3 Å². The first-order valence-electron chi connectivity index (χ1n) is 9.70. The van der Waals surface area contributed by atoms with Gasteiger partial charge in [0.2, 0.25) is 17.7 Å². The van der Waals surface area contributed by atoms with Crippen LogP contribution in [-0.4, -0.2) is 59.2 Å². The van der Waals surface area contributed by atoms with Gasteiger partial charge < -0.3 is 26.8 Å². The summed E-state index contributed by atoms with van der Waals surface area (Å²) in [7, 11) is 0. The van der Waals surface area contributed by atoms with E-state index in [0.29, 0.717) is 6.42 Å². The molecule has 6 N–H and O–H groups in total. The van der Waals surface area contributed by atoms with Gasteiger partial charge in [0.05, 0.1) is 12.6 Å². The summed E-state index contributed by atoms with van der Waals surface area (Å²) < 4.78 is 0. The molecule has 166 valence electrons. The van der Waals surface area contributed by atoms with Gasteiger partial charge in [-0.2, -0.15) is 12.6 Å². The molecule has 0 aromatic heterocycles. The van der Waals surface area contributed by atoms with Gasteiger partial charge in [-0.1, -0.05) is 50.6 Å². The fourth-order valence-corrected chi connectivity index (χ4v) is 2.78. The highest BCUT2D eigenvalue weighted by Gasteiger charge is 2.27. The summed E-state index contributed by atoms with van der Waals surface area (Å²) in [5.74, 6) is -3.04. The molecular weight excluding hydrogens is 408 g/mol. The third-order valence-electron chi connectivity index (χ3n) is 4.67. The molecule has 3 amide bonds. The molecule has 1 aromatic rings. The minimum atomic E-state index is -1.14. The van der Waals surface area contributed by atoms with Crippen LogP contribution in [0, 0.1) is 5.92 Å². The molecule has 4 unspecified atom stereocenters. The summed E-state index contributed by atoms with van der Waals surface area (Å²) in [6, 6.07) is 6.17. The number of carboxylic acid groups (broad SMARTS) is 1. The molecular formula is C20H30N4O5S. The van der Waals surface area contributed by atoms with E-state index < -0.39 is 48.4 Å². The molecule has 9 nitrogen and oxygen atoms in total. The fourth-order valence-electron chi connectivity index (χ4n) is 2.62. The minimum Gasteiger partial charge on any atom is -0.480 e. The van der Waals surface area contributed by atoms with E-state index in [1.165, 1.54) is 0 Å². The zero-order valence-electron chi connectivity index (χ0n) is 17.1. The molecule has 0 saturated carbocycles. The molecule has 0 spiro atoms. The smallest absolute Gasteiger partial charge is 0.326 e. The zero-order chi connectivity index (χ0) is 22.7. The number of nitrogens with one attached hydrogen (secondary N) is 3. The molecule has 1 aromatic carbocycles. The van der Waals surface area contributed by atoms with Crippen molar-refractivity contribution in [2.45, 2.75) is 44.8 Å². The van der Waals surface area contributed by atoms with Gasteiger partial charge in [0.15, 0.2) is 0 Å². The van der Waals surface area contributed by atoms with Crippen molar-refractivity contribution in [3.8, 4) is 0 Å². The first-order valence-corrected chi connectivity index (χ1v) is 10.3. The van der Waals surface area contributed by atoms with Gasteiger partial charge in [-0.15, -0.1) is 0 Å². The summed E-state index contributed by atoms with van der Waals surface area (Å²) >= 11 is 3.98. The number of aliphatic carboxylic acids is 1. The maximum Gasteiger partial charge on any atom is 0.326 e. The highest BCUT2D eigenvalue weighted by Crippen LogP contribution is 2.08. The third kappa shape index (κ3) is 8.42. The van der Waals surface area contributed by atoms with Gasteiger partial charge >= 0.3 is 5.97 Å². The number of rotatable bonds is 12. The third-order valence-corrected chi connectivity index (χ3v) is 5.06. The van der Waals surface area contributed by atoms with Crippen LogP contribution < -0.4 is 21.7 Å². The van der Waals surface area contributed by atoms with Crippen molar-refractivity contribution in [1.29, 1.82) is 0 Å². The van der Waals surface area contributed by atoms with E-state index in [4.69, 9.17) is 5.73 Å². The van der Waals surface area contributed by atoms with E-state index in [2.05, 4.69) is 28.6 Å². The number of carbonyl (C=O) groups is 4. The second-order valence-electron chi connectivity index (χ2n) is 7.03. The molecule has 0 aliphatic carbocycles. The summed E-state index contributed by atoms with van der Waals surface area (Å²) in [6.45, 7) is 3.12. The van der Waals surface area contributed by atoms with Gasteiger partial charge in [0.25, 0.3) is 0 Å². The molecule has 0 bridgehead atoms. The largest absolute Gasteiger partial charge is 0.480 e. The maximum absolute atomic E-state index is 12.6. The van der Waals surface area contributed by atoms with Gasteiger partial charge in [0, 0.05) is 12.2 Å². The SMILES string of the molecule is CCC(C)C(NC(=O)CNC(=O)C(Cc1ccccc1)NC(=O)C(N)CS)C(=O)O. The molecule has 10 heteroatoms. The molecule has 4 atom stereocenters. The van der Waals surface area contributed by atoms with Gasteiger partial charge in [-0.3, -0.25) is 14.4 Å². The summed E-state index contributed by atoms with van der Waals surface area (Å²) in [4.78, 5) is 48.2. The lowest BCUT2D eigenvalue weighted by molar-refractivity contribution is -0.143. The van der Waals surface area contributed by atoms with Gasteiger partial charge in [-0.05, 0) is 11.5 Å². The van der Waals surface area contributed by atoms with Crippen LogP contribution in [0.3, 0.4) is 0 Å². The Morgan fingerprint density at radius 3 is 2.27 bits per heavy atom. The number of hydrogen-bond donors (Lipinski definition) is 6. The molecule has 0 radical (unpaired) electrons. The van der Waals surface area contributed by atoms with Crippen molar-refractivity contribution in [3.05, 3.63) is 35.9 Å². The van der Waals surface area contributed by atoms with Crippen molar-refractivity contribution < 1.29 is 24.3 Å². The number of carboxylic acids is 1. The molecule has 1 rings (SSSR count).